The van der Waals surface area contributed by atoms with Crippen molar-refractivity contribution in [3.05, 3.63) is 107 Å². The van der Waals surface area contributed by atoms with Gasteiger partial charge < -0.3 is 15.2 Å². The molecule has 0 spiro atoms. The number of aryl methyl sites for hydroxylation is 2. The number of carbonyl (C=O) groups excluding carboxylic acids is 1. The molecule has 4 nitrogen and oxygen atoms in total. The fourth-order valence-electron chi connectivity index (χ4n) is 3.60. The molecule has 146 valence electrons. The SMILES string of the molecule is O=C(NCc1ccccc1)/C(=C(\O)Oc1ccc2c(c1)CCC2)c1ccccc1. The van der Waals surface area contributed by atoms with Gasteiger partial charge in [-0.25, -0.2) is 0 Å². The molecule has 3 aromatic carbocycles. The Bertz CT molecular complexity index is 1030. The number of amides is 1. The average molecular weight is 385 g/mol. The van der Waals surface area contributed by atoms with Crippen molar-refractivity contribution in [2.45, 2.75) is 25.8 Å². The van der Waals surface area contributed by atoms with E-state index < -0.39 is 11.9 Å². The van der Waals surface area contributed by atoms with Crippen molar-refractivity contribution in [2.75, 3.05) is 0 Å². The summed E-state index contributed by atoms with van der Waals surface area (Å²) < 4.78 is 5.70. The van der Waals surface area contributed by atoms with E-state index in [-0.39, 0.29) is 5.57 Å². The molecule has 0 unspecified atom stereocenters. The summed E-state index contributed by atoms with van der Waals surface area (Å²) >= 11 is 0. The highest BCUT2D eigenvalue weighted by Gasteiger charge is 2.20. The standard InChI is InChI=1S/C25H23NO3/c27-24(26-17-18-8-3-1-4-9-18)23(20-10-5-2-6-11-20)25(28)29-22-15-14-19-12-7-13-21(19)16-22/h1-6,8-11,14-16,28H,7,12-13,17H2,(H,26,27)/b25-23+. The minimum absolute atomic E-state index is 0.113. The van der Waals surface area contributed by atoms with E-state index >= 15 is 0 Å². The molecule has 0 heterocycles. The van der Waals surface area contributed by atoms with Crippen LogP contribution in [-0.2, 0) is 24.2 Å². The fraction of sp³-hybridized carbons (Fsp3) is 0.160. The van der Waals surface area contributed by atoms with Gasteiger partial charge in [0.1, 0.15) is 11.3 Å². The van der Waals surface area contributed by atoms with Crippen LogP contribution in [0.4, 0.5) is 0 Å². The van der Waals surface area contributed by atoms with Gasteiger partial charge in [0.05, 0.1) is 0 Å². The smallest absolute Gasteiger partial charge is 0.296 e. The molecular weight excluding hydrogens is 362 g/mol. The van der Waals surface area contributed by atoms with Crippen molar-refractivity contribution in [3.8, 4) is 5.75 Å². The molecule has 3 aromatic rings. The zero-order chi connectivity index (χ0) is 20.1. The third-order valence-corrected chi connectivity index (χ3v) is 5.08. The van der Waals surface area contributed by atoms with Crippen LogP contribution < -0.4 is 10.1 Å². The van der Waals surface area contributed by atoms with Crippen molar-refractivity contribution in [2.24, 2.45) is 0 Å². The molecule has 1 aliphatic carbocycles. The van der Waals surface area contributed by atoms with Crippen molar-refractivity contribution < 1.29 is 14.6 Å². The number of rotatable bonds is 6. The monoisotopic (exact) mass is 385 g/mol. The van der Waals surface area contributed by atoms with Gasteiger partial charge in [-0.05, 0) is 53.6 Å². The van der Waals surface area contributed by atoms with Crippen LogP contribution in [0.15, 0.2) is 84.8 Å². The Kier molecular flexibility index (Phi) is 5.61. The Labute approximate surface area is 170 Å². The maximum absolute atomic E-state index is 12.9. The van der Waals surface area contributed by atoms with E-state index in [1.807, 2.05) is 66.7 Å². The number of nitrogens with one attached hydrogen (secondary N) is 1. The molecule has 2 N–H and O–H groups in total. The summed E-state index contributed by atoms with van der Waals surface area (Å²) in [6, 6.07) is 24.5. The molecule has 1 amide bonds. The highest BCUT2D eigenvalue weighted by Crippen LogP contribution is 2.28. The Morgan fingerprint density at radius 1 is 0.897 bits per heavy atom. The highest BCUT2D eigenvalue weighted by atomic mass is 16.6. The molecule has 0 aliphatic heterocycles. The van der Waals surface area contributed by atoms with Gasteiger partial charge in [-0.3, -0.25) is 4.79 Å². The lowest BCUT2D eigenvalue weighted by Gasteiger charge is -2.13. The van der Waals surface area contributed by atoms with Gasteiger partial charge in [0, 0.05) is 6.54 Å². The van der Waals surface area contributed by atoms with Gasteiger partial charge in [-0.15, -0.1) is 0 Å². The van der Waals surface area contributed by atoms with E-state index in [9.17, 15) is 9.90 Å². The second-order valence-electron chi connectivity index (χ2n) is 7.10. The zero-order valence-electron chi connectivity index (χ0n) is 16.1. The lowest BCUT2D eigenvalue weighted by Crippen LogP contribution is -2.25. The second kappa shape index (κ2) is 8.65. The number of fused-ring (bicyclic) bond motifs is 1. The van der Waals surface area contributed by atoms with Crippen LogP contribution in [0.25, 0.3) is 5.57 Å². The zero-order valence-corrected chi connectivity index (χ0v) is 16.1. The molecule has 0 fully saturated rings. The molecule has 0 saturated carbocycles. The van der Waals surface area contributed by atoms with E-state index in [0.29, 0.717) is 17.9 Å². The van der Waals surface area contributed by atoms with Crippen LogP contribution in [0.2, 0.25) is 0 Å². The Morgan fingerprint density at radius 2 is 1.59 bits per heavy atom. The molecular formula is C25H23NO3. The van der Waals surface area contributed by atoms with Gasteiger partial charge in [0.25, 0.3) is 11.9 Å². The number of hydrogen-bond donors (Lipinski definition) is 2. The summed E-state index contributed by atoms with van der Waals surface area (Å²) in [4.78, 5) is 12.9. The van der Waals surface area contributed by atoms with E-state index in [1.54, 1.807) is 12.1 Å². The lowest BCUT2D eigenvalue weighted by atomic mass is 10.1. The maximum Gasteiger partial charge on any atom is 0.296 e. The quantitative estimate of drug-likeness (QED) is 0.473. The van der Waals surface area contributed by atoms with E-state index in [4.69, 9.17) is 4.74 Å². The molecule has 29 heavy (non-hydrogen) atoms. The first-order valence-electron chi connectivity index (χ1n) is 9.81. The van der Waals surface area contributed by atoms with Crippen molar-refractivity contribution in [3.63, 3.8) is 0 Å². The van der Waals surface area contributed by atoms with E-state index in [1.165, 1.54) is 11.1 Å². The van der Waals surface area contributed by atoms with Gasteiger partial charge in [-0.2, -0.15) is 0 Å². The van der Waals surface area contributed by atoms with Gasteiger partial charge in [0.2, 0.25) is 0 Å². The summed E-state index contributed by atoms with van der Waals surface area (Å²) in [6.07, 6.45) is 3.23. The first kappa shape index (κ1) is 18.8. The van der Waals surface area contributed by atoms with Gasteiger partial charge in [-0.1, -0.05) is 66.7 Å². The molecule has 0 bridgehead atoms. The highest BCUT2D eigenvalue weighted by molar-refractivity contribution is 6.19. The van der Waals surface area contributed by atoms with Crippen LogP contribution in [0, 0.1) is 0 Å². The normalized spacial score (nSPS) is 13.4. The molecule has 0 radical (unpaired) electrons. The van der Waals surface area contributed by atoms with Crippen LogP contribution in [0.3, 0.4) is 0 Å². The van der Waals surface area contributed by atoms with Gasteiger partial charge >= 0.3 is 0 Å². The Morgan fingerprint density at radius 3 is 2.34 bits per heavy atom. The molecule has 0 aromatic heterocycles. The number of aliphatic hydroxyl groups is 1. The minimum Gasteiger partial charge on any atom is -0.480 e. The number of hydrogen-bond acceptors (Lipinski definition) is 3. The molecule has 1 aliphatic rings. The third-order valence-electron chi connectivity index (χ3n) is 5.08. The van der Waals surface area contributed by atoms with Crippen LogP contribution in [0.1, 0.15) is 28.7 Å². The third kappa shape index (κ3) is 4.49. The average Bonchev–Trinajstić information content (AvgIpc) is 3.22. The molecule has 4 rings (SSSR count). The number of benzene rings is 3. The van der Waals surface area contributed by atoms with Crippen LogP contribution in [0.5, 0.6) is 5.75 Å². The van der Waals surface area contributed by atoms with Crippen LogP contribution in [-0.4, -0.2) is 11.0 Å². The lowest BCUT2D eigenvalue weighted by molar-refractivity contribution is -0.116. The minimum atomic E-state index is -0.403. The second-order valence-corrected chi connectivity index (χ2v) is 7.10. The first-order chi connectivity index (χ1) is 14.2. The van der Waals surface area contributed by atoms with Crippen molar-refractivity contribution in [1.29, 1.82) is 0 Å². The topological polar surface area (TPSA) is 58.6 Å². The first-order valence-corrected chi connectivity index (χ1v) is 9.81. The van der Waals surface area contributed by atoms with Crippen molar-refractivity contribution >= 4 is 11.5 Å². The van der Waals surface area contributed by atoms with Crippen molar-refractivity contribution in [1.82, 2.24) is 5.32 Å². The number of carbonyl (C=O) groups is 1. The van der Waals surface area contributed by atoms with E-state index in [0.717, 1.165) is 24.8 Å². The predicted molar refractivity (Wildman–Crippen MR) is 113 cm³/mol. The Hall–Kier alpha value is -3.53. The largest absolute Gasteiger partial charge is 0.480 e. The summed E-state index contributed by atoms with van der Waals surface area (Å²) in [6.45, 7) is 0.363. The summed E-state index contributed by atoms with van der Waals surface area (Å²) in [5.41, 5.74) is 4.25. The van der Waals surface area contributed by atoms with E-state index in [2.05, 4.69) is 5.32 Å². The fourth-order valence-corrected chi connectivity index (χ4v) is 3.60. The number of aliphatic hydroxyl groups excluding tert-OH is 1. The molecule has 0 saturated heterocycles. The summed E-state index contributed by atoms with van der Waals surface area (Å²) in [7, 11) is 0. The molecule has 0 atom stereocenters. The molecule has 4 heteroatoms. The van der Waals surface area contributed by atoms with Crippen LogP contribution >= 0.6 is 0 Å². The Balaban J connectivity index is 1.59. The summed E-state index contributed by atoms with van der Waals surface area (Å²) in [5.74, 6) is -0.258. The number of ether oxygens (including phenoxy) is 1. The maximum atomic E-state index is 12.9. The predicted octanol–water partition coefficient (Wildman–Crippen LogP) is 4.80. The summed E-state index contributed by atoms with van der Waals surface area (Å²) in [5, 5.41) is 13.6. The van der Waals surface area contributed by atoms with Gasteiger partial charge in [0.15, 0.2) is 0 Å².